The van der Waals surface area contributed by atoms with E-state index in [4.69, 9.17) is 5.73 Å². The van der Waals surface area contributed by atoms with Crippen LogP contribution in [0.1, 0.15) is 39.0 Å². The molecular formula is C13H27N3O2. The van der Waals surface area contributed by atoms with E-state index in [0.717, 1.165) is 25.7 Å². The molecule has 0 aromatic rings. The van der Waals surface area contributed by atoms with Gasteiger partial charge in [-0.3, -0.25) is 9.59 Å². The van der Waals surface area contributed by atoms with E-state index in [-0.39, 0.29) is 18.4 Å². The molecule has 5 nitrogen and oxygen atoms in total. The Balaban J connectivity index is 3.92. The normalized spacial score (nSPS) is 10.2. The summed E-state index contributed by atoms with van der Waals surface area (Å²) in [6.45, 7) is 3.38. The minimum Gasteiger partial charge on any atom is -0.347 e. The molecule has 0 bridgehead atoms. The smallest absolute Gasteiger partial charge is 0.241 e. The third kappa shape index (κ3) is 7.27. The van der Waals surface area contributed by atoms with E-state index in [2.05, 4.69) is 0 Å². The zero-order valence-electron chi connectivity index (χ0n) is 11.9. The van der Waals surface area contributed by atoms with Crippen molar-refractivity contribution < 1.29 is 9.59 Å². The molecular weight excluding hydrogens is 230 g/mol. The van der Waals surface area contributed by atoms with E-state index in [1.165, 1.54) is 4.90 Å². The van der Waals surface area contributed by atoms with Crippen molar-refractivity contribution in [3.63, 3.8) is 0 Å². The molecule has 0 atom stereocenters. The fourth-order valence-corrected chi connectivity index (χ4v) is 1.61. The number of nitrogens with zero attached hydrogens (tertiary/aromatic N) is 2. The molecule has 0 aliphatic carbocycles. The lowest BCUT2D eigenvalue weighted by Crippen LogP contribution is -2.40. The third-order valence-corrected chi connectivity index (χ3v) is 2.90. The molecule has 0 aromatic heterocycles. The molecule has 0 aromatic carbocycles. The van der Waals surface area contributed by atoms with E-state index in [9.17, 15) is 9.59 Å². The Morgan fingerprint density at radius 1 is 1.00 bits per heavy atom. The number of nitrogens with two attached hydrogens (primary N) is 1. The van der Waals surface area contributed by atoms with Crippen LogP contribution in [0.25, 0.3) is 0 Å². The monoisotopic (exact) mass is 257 g/mol. The molecule has 0 aliphatic rings. The zero-order chi connectivity index (χ0) is 14.0. The molecule has 0 saturated heterocycles. The molecule has 0 rings (SSSR count). The molecule has 2 amide bonds. The van der Waals surface area contributed by atoms with Crippen LogP contribution in [-0.4, -0.2) is 55.3 Å². The Hall–Kier alpha value is -1.10. The van der Waals surface area contributed by atoms with Gasteiger partial charge in [-0.15, -0.1) is 0 Å². The summed E-state index contributed by atoms with van der Waals surface area (Å²) in [5, 5.41) is 0. The minimum atomic E-state index is -0.0340. The average Bonchev–Trinajstić information content (AvgIpc) is 2.34. The van der Waals surface area contributed by atoms with Crippen molar-refractivity contribution in [3.05, 3.63) is 0 Å². The van der Waals surface area contributed by atoms with Crippen LogP contribution in [-0.2, 0) is 9.59 Å². The van der Waals surface area contributed by atoms with Crippen LogP contribution in [0.5, 0.6) is 0 Å². The van der Waals surface area contributed by atoms with Crippen molar-refractivity contribution in [3.8, 4) is 0 Å². The maximum Gasteiger partial charge on any atom is 0.241 e. The lowest BCUT2D eigenvalue weighted by molar-refractivity contribution is -0.139. The quantitative estimate of drug-likeness (QED) is 0.622. The van der Waals surface area contributed by atoms with Crippen LogP contribution in [0.2, 0.25) is 0 Å². The first-order valence-corrected chi connectivity index (χ1v) is 6.70. The van der Waals surface area contributed by atoms with Gasteiger partial charge in [0, 0.05) is 27.1 Å². The number of carbonyl (C=O) groups is 2. The summed E-state index contributed by atoms with van der Waals surface area (Å²) in [6.07, 6.45) is 4.53. The van der Waals surface area contributed by atoms with E-state index < -0.39 is 0 Å². The predicted octanol–water partition coefficient (Wildman–Crippen LogP) is 0.832. The van der Waals surface area contributed by atoms with E-state index in [1.54, 1.807) is 19.0 Å². The van der Waals surface area contributed by atoms with Gasteiger partial charge in [0.25, 0.3) is 0 Å². The largest absolute Gasteiger partial charge is 0.347 e. The SMILES string of the molecule is CCN(CC(=O)N(C)C)C(=O)CCCCCCN. The molecule has 0 aliphatic heterocycles. The highest BCUT2D eigenvalue weighted by Gasteiger charge is 2.15. The second kappa shape index (κ2) is 9.88. The molecule has 18 heavy (non-hydrogen) atoms. The number of unbranched alkanes of at least 4 members (excludes halogenated alkanes) is 3. The highest BCUT2D eigenvalue weighted by molar-refractivity contribution is 5.84. The highest BCUT2D eigenvalue weighted by Crippen LogP contribution is 2.05. The van der Waals surface area contributed by atoms with Gasteiger partial charge in [0.1, 0.15) is 0 Å². The van der Waals surface area contributed by atoms with Gasteiger partial charge in [-0.1, -0.05) is 12.8 Å². The first-order valence-electron chi connectivity index (χ1n) is 6.70. The van der Waals surface area contributed by atoms with Gasteiger partial charge in [0.05, 0.1) is 6.54 Å². The van der Waals surface area contributed by atoms with Gasteiger partial charge >= 0.3 is 0 Å². The topological polar surface area (TPSA) is 66.6 Å². The molecule has 0 unspecified atom stereocenters. The van der Waals surface area contributed by atoms with Gasteiger partial charge in [-0.05, 0) is 26.3 Å². The number of rotatable bonds is 9. The van der Waals surface area contributed by atoms with Crippen LogP contribution >= 0.6 is 0 Å². The second-order valence-electron chi connectivity index (χ2n) is 4.65. The van der Waals surface area contributed by atoms with Crippen molar-refractivity contribution in [2.45, 2.75) is 39.0 Å². The van der Waals surface area contributed by atoms with E-state index >= 15 is 0 Å². The van der Waals surface area contributed by atoms with E-state index in [1.807, 2.05) is 6.92 Å². The van der Waals surface area contributed by atoms with Crippen LogP contribution in [0.4, 0.5) is 0 Å². The summed E-state index contributed by atoms with van der Waals surface area (Å²) < 4.78 is 0. The maximum absolute atomic E-state index is 11.9. The average molecular weight is 257 g/mol. The molecule has 0 heterocycles. The van der Waals surface area contributed by atoms with Crippen LogP contribution in [0, 0.1) is 0 Å². The Morgan fingerprint density at radius 3 is 2.11 bits per heavy atom. The number of hydrogen-bond acceptors (Lipinski definition) is 3. The van der Waals surface area contributed by atoms with Crippen molar-refractivity contribution in [2.24, 2.45) is 5.73 Å². The number of hydrogen-bond donors (Lipinski definition) is 1. The Labute approximate surface area is 110 Å². The second-order valence-corrected chi connectivity index (χ2v) is 4.65. The molecule has 106 valence electrons. The number of carbonyl (C=O) groups excluding carboxylic acids is 2. The maximum atomic E-state index is 11.9. The Bertz CT molecular complexity index is 255. The Kier molecular flexibility index (Phi) is 9.28. The van der Waals surface area contributed by atoms with Crippen molar-refractivity contribution in [2.75, 3.05) is 33.7 Å². The van der Waals surface area contributed by atoms with Gasteiger partial charge in [-0.25, -0.2) is 0 Å². The van der Waals surface area contributed by atoms with Gasteiger partial charge in [0.15, 0.2) is 0 Å². The number of likely N-dealkylation sites (N-methyl/N-ethyl adjacent to an activating group) is 2. The van der Waals surface area contributed by atoms with E-state index in [0.29, 0.717) is 19.5 Å². The summed E-state index contributed by atoms with van der Waals surface area (Å²) in [5.74, 6) is 0.0359. The summed E-state index contributed by atoms with van der Waals surface area (Å²) in [6, 6.07) is 0. The van der Waals surface area contributed by atoms with Crippen molar-refractivity contribution in [1.29, 1.82) is 0 Å². The van der Waals surface area contributed by atoms with Gasteiger partial charge in [0.2, 0.25) is 11.8 Å². The molecule has 0 saturated carbocycles. The zero-order valence-corrected chi connectivity index (χ0v) is 11.9. The van der Waals surface area contributed by atoms with Gasteiger partial charge in [-0.2, -0.15) is 0 Å². The van der Waals surface area contributed by atoms with Gasteiger partial charge < -0.3 is 15.5 Å². The fourth-order valence-electron chi connectivity index (χ4n) is 1.61. The first-order chi connectivity index (χ1) is 8.52. The number of amides is 2. The summed E-state index contributed by atoms with van der Waals surface area (Å²) in [4.78, 5) is 26.6. The fraction of sp³-hybridized carbons (Fsp3) is 0.846. The summed E-state index contributed by atoms with van der Waals surface area (Å²) in [5.41, 5.74) is 5.41. The van der Waals surface area contributed by atoms with Crippen molar-refractivity contribution in [1.82, 2.24) is 9.80 Å². The third-order valence-electron chi connectivity index (χ3n) is 2.90. The standard InChI is InChI=1S/C13H27N3O2/c1-4-16(11-13(18)15(2)3)12(17)9-7-5-6-8-10-14/h4-11,14H2,1-3H3. The van der Waals surface area contributed by atoms with Crippen LogP contribution in [0.3, 0.4) is 0 Å². The molecule has 0 fully saturated rings. The summed E-state index contributed by atoms with van der Waals surface area (Å²) in [7, 11) is 3.40. The summed E-state index contributed by atoms with van der Waals surface area (Å²) >= 11 is 0. The molecule has 5 heteroatoms. The Morgan fingerprint density at radius 2 is 1.61 bits per heavy atom. The molecule has 2 N–H and O–H groups in total. The van der Waals surface area contributed by atoms with Crippen LogP contribution < -0.4 is 5.73 Å². The van der Waals surface area contributed by atoms with Crippen LogP contribution in [0.15, 0.2) is 0 Å². The first kappa shape index (κ1) is 16.9. The molecule has 0 radical (unpaired) electrons. The lowest BCUT2D eigenvalue weighted by atomic mass is 10.1. The predicted molar refractivity (Wildman–Crippen MR) is 73.1 cm³/mol. The lowest BCUT2D eigenvalue weighted by Gasteiger charge is -2.22. The highest BCUT2D eigenvalue weighted by atomic mass is 16.2. The van der Waals surface area contributed by atoms with Crippen molar-refractivity contribution >= 4 is 11.8 Å². The minimum absolute atomic E-state index is 0.0340. The molecule has 0 spiro atoms.